The van der Waals surface area contributed by atoms with Gasteiger partial charge in [-0.1, -0.05) is 0 Å². The fraction of sp³-hybridized carbons (Fsp3) is 0.333. The van der Waals surface area contributed by atoms with Gasteiger partial charge in [-0.3, -0.25) is 9.78 Å². The standard InChI is InChI=1S/C24H23F4N5O2/c1-13(2)32-23-30-10-14(11-31-23)22(34)33-20-16(17-9-15(25)3-4-18(17)26)6-8-29-21(20)19-5-7-24(27,28)12-35-19/h3-4,6,8-11,13,19H,5,7,12H2,1-2H3,(H,33,34)(H,30,31,32)/t19-/m1/s1. The van der Waals surface area contributed by atoms with Gasteiger partial charge in [0.2, 0.25) is 5.95 Å². The molecule has 1 aliphatic rings. The molecular weight excluding hydrogens is 466 g/mol. The summed E-state index contributed by atoms with van der Waals surface area (Å²) in [5.41, 5.74) is 0.254. The number of pyridine rings is 1. The Kier molecular flexibility index (Phi) is 6.97. The van der Waals surface area contributed by atoms with E-state index in [0.29, 0.717) is 5.95 Å². The van der Waals surface area contributed by atoms with E-state index in [0.717, 1.165) is 18.2 Å². The van der Waals surface area contributed by atoms with Gasteiger partial charge in [-0.15, -0.1) is 0 Å². The van der Waals surface area contributed by atoms with Gasteiger partial charge in [0, 0.05) is 42.2 Å². The molecule has 7 nitrogen and oxygen atoms in total. The zero-order valence-corrected chi connectivity index (χ0v) is 19.0. The normalized spacial score (nSPS) is 17.3. The minimum absolute atomic E-state index is 0.0293. The van der Waals surface area contributed by atoms with Crippen LogP contribution >= 0.6 is 0 Å². The number of carbonyl (C=O) groups is 1. The largest absolute Gasteiger partial charge is 0.366 e. The highest BCUT2D eigenvalue weighted by Crippen LogP contribution is 2.41. The molecule has 0 unspecified atom stereocenters. The van der Waals surface area contributed by atoms with Gasteiger partial charge in [0.25, 0.3) is 11.8 Å². The zero-order chi connectivity index (χ0) is 25.2. The van der Waals surface area contributed by atoms with E-state index >= 15 is 0 Å². The molecular formula is C24H23F4N5O2. The summed E-state index contributed by atoms with van der Waals surface area (Å²) in [5, 5.41) is 5.66. The maximum Gasteiger partial charge on any atom is 0.271 e. The van der Waals surface area contributed by atoms with E-state index in [1.54, 1.807) is 0 Å². The van der Waals surface area contributed by atoms with Crippen molar-refractivity contribution in [3.8, 4) is 11.1 Å². The van der Waals surface area contributed by atoms with Crippen LogP contribution in [0.1, 0.15) is 48.8 Å². The van der Waals surface area contributed by atoms with Gasteiger partial charge < -0.3 is 15.4 Å². The minimum atomic E-state index is -2.98. The second-order valence-electron chi connectivity index (χ2n) is 8.49. The molecule has 35 heavy (non-hydrogen) atoms. The molecule has 0 radical (unpaired) electrons. The van der Waals surface area contributed by atoms with Gasteiger partial charge in [-0.05, 0) is 44.5 Å². The summed E-state index contributed by atoms with van der Waals surface area (Å²) >= 11 is 0. The van der Waals surface area contributed by atoms with Crippen molar-refractivity contribution in [2.45, 2.75) is 44.8 Å². The zero-order valence-electron chi connectivity index (χ0n) is 19.0. The van der Waals surface area contributed by atoms with Crippen LogP contribution < -0.4 is 10.6 Å². The number of nitrogens with one attached hydrogen (secondary N) is 2. The molecule has 0 saturated carbocycles. The van der Waals surface area contributed by atoms with E-state index in [4.69, 9.17) is 4.74 Å². The van der Waals surface area contributed by atoms with E-state index in [1.807, 2.05) is 13.8 Å². The van der Waals surface area contributed by atoms with Crippen molar-refractivity contribution in [3.05, 3.63) is 65.7 Å². The average Bonchev–Trinajstić information content (AvgIpc) is 2.81. The lowest BCUT2D eigenvalue weighted by Gasteiger charge is -2.30. The summed E-state index contributed by atoms with van der Waals surface area (Å²) in [5.74, 6) is -4.71. The van der Waals surface area contributed by atoms with Crippen LogP contribution in [-0.2, 0) is 4.74 Å². The Morgan fingerprint density at radius 3 is 2.51 bits per heavy atom. The summed E-state index contributed by atoms with van der Waals surface area (Å²) in [6.07, 6.45) is 2.55. The highest BCUT2D eigenvalue weighted by Gasteiger charge is 2.38. The molecule has 11 heteroatoms. The lowest BCUT2D eigenvalue weighted by Crippen LogP contribution is -2.31. The molecule has 3 aromatic rings. The van der Waals surface area contributed by atoms with Crippen molar-refractivity contribution in [1.29, 1.82) is 0 Å². The Morgan fingerprint density at radius 2 is 1.86 bits per heavy atom. The molecule has 2 N–H and O–H groups in total. The van der Waals surface area contributed by atoms with Gasteiger partial charge in [0.05, 0.1) is 16.9 Å². The second-order valence-corrected chi connectivity index (χ2v) is 8.49. The van der Waals surface area contributed by atoms with Crippen LogP contribution in [0.25, 0.3) is 11.1 Å². The Morgan fingerprint density at radius 1 is 1.11 bits per heavy atom. The summed E-state index contributed by atoms with van der Waals surface area (Å²) in [4.78, 5) is 25.5. The topological polar surface area (TPSA) is 89.0 Å². The molecule has 0 aliphatic carbocycles. The molecule has 1 fully saturated rings. The van der Waals surface area contributed by atoms with Crippen molar-refractivity contribution in [3.63, 3.8) is 0 Å². The third kappa shape index (κ3) is 5.73. The summed E-state index contributed by atoms with van der Waals surface area (Å²) < 4.78 is 61.3. The Bertz CT molecular complexity index is 1210. The molecule has 3 heterocycles. The lowest BCUT2D eigenvalue weighted by atomic mass is 9.97. The summed E-state index contributed by atoms with van der Waals surface area (Å²) in [7, 11) is 0. The quantitative estimate of drug-likeness (QED) is 0.452. The fourth-order valence-electron chi connectivity index (χ4n) is 3.68. The fourth-order valence-corrected chi connectivity index (χ4v) is 3.68. The van der Waals surface area contributed by atoms with Gasteiger partial charge in [0.1, 0.15) is 24.3 Å². The van der Waals surface area contributed by atoms with Gasteiger partial charge in [-0.25, -0.2) is 27.5 Å². The van der Waals surface area contributed by atoms with Gasteiger partial charge >= 0.3 is 0 Å². The predicted molar refractivity (Wildman–Crippen MR) is 121 cm³/mol. The van der Waals surface area contributed by atoms with E-state index in [9.17, 15) is 22.4 Å². The first kappa shape index (κ1) is 24.5. The molecule has 1 atom stereocenters. The summed E-state index contributed by atoms with van der Waals surface area (Å²) in [6, 6.07) is 4.40. The maximum absolute atomic E-state index is 14.7. The van der Waals surface area contributed by atoms with Crippen LogP contribution in [0.2, 0.25) is 0 Å². The van der Waals surface area contributed by atoms with Crippen molar-refractivity contribution in [1.82, 2.24) is 15.0 Å². The van der Waals surface area contributed by atoms with Gasteiger partial charge in [0.15, 0.2) is 0 Å². The first-order valence-corrected chi connectivity index (χ1v) is 11.0. The van der Waals surface area contributed by atoms with Crippen LogP contribution in [0.15, 0.2) is 42.9 Å². The molecule has 1 amide bonds. The predicted octanol–water partition coefficient (Wildman–Crippen LogP) is 5.38. The molecule has 0 spiro atoms. The highest BCUT2D eigenvalue weighted by atomic mass is 19.3. The van der Waals surface area contributed by atoms with E-state index < -0.39 is 42.6 Å². The number of rotatable bonds is 6. The number of anilines is 2. The number of nitrogens with zero attached hydrogens (tertiary/aromatic N) is 3. The number of hydrogen-bond acceptors (Lipinski definition) is 6. The number of alkyl halides is 2. The second kappa shape index (κ2) is 9.95. The number of aromatic nitrogens is 3. The Labute approximate surface area is 199 Å². The minimum Gasteiger partial charge on any atom is -0.366 e. The molecule has 0 bridgehead atoms. The van der Waals surface area contributed by atoms with Crippen LogP contribution in [0, 0.1) is 11.6 Å². The van der Waals surface area contributed by atoms with E-state index in [1.165, 1.54) is 24.7 Å². The Balaban J connectivity index is 1.72. The number of ether oxygens (including phenoxy) is 1. The third-order valence-corrected chi connectivity index (χ3v) is 5.34. The highest BCUT2D eigenvalue weighted by molar-refractivity contribution is 6.06. The summed E-state index contributed by atoms with van der Waals surface area (Å²) in [6.45, 7) is 3.00. The maximum atomic E-state index is 14.7. The first-order chi connectivity index (χ1) is 16.6. The Hall–Kier alpha value is -3.60. The smallest absolute Gasteiger partial charge is 0.271 e. The van der Waals surface area contributed by atoms with Crippen molar-refractivity contribution in [2.75, 3.05) is 17.2 Å². The van der Waals surface area contributed by atoms with Crippen LogP contribution in [-0.4, -0.2) is 39.4 Å². The van der Waals surface area contributed by atoms with Crippen molar-refractivity contribution in [2.24, 2.45) is 0 Å². The van der Waals surface area contributed by atoms with Crippen LogP contribution in [0.3, 0.4) is 0 Å². The lowest BCUT2D eigenvalue weighted by molar-refractivity contribution is -0.146. The van der Waals surface area contributed by atoms with Crippen molar-refractivity contribution < 1.29 is 27.1 Å². The number of benzene rings is 1. The molecule has 1 saturated heterocycles. The van der Waals surface area contributed by atoms with E-state index in [-0.39, 0.29) is 40.5 Å². The van der Waals surface area contributed by atoms with Crippen molar-refractivity contribution >= 4 is 17.5 Å². The number of amides is 1. The number of carbonyl (C=O) groups excluding carboxylic acids is 1. The van der Waals surface area contributed by atoms with E-state index in [2.05, 4.69) is 25.6 Å². The van der Waals surface area contributed by atoms with Crippen LogP contribution in [0.4, 0.5) is 29.2 Å². The number of hydrogen-bond donors (Lipinski definition) is 2. The molecule has 1 aliphatic heterocycles. The molecule has 4 rings (SSSR count). The van der Waals surface area contributed by atoms with Gasteiger partial charge in [-0.2, -0.15) is 0 Å². The first-order valence-electron chi connectivity index (χ1n) is 11.0. The number of halogens is 4. The third-order valence-electron chi connectivity index (χ3n) is 5.34. The molecule has 2 aromatic heterocycles. The SMILES string of the molecule is CC(C)Nc1ncc(C(=O)Nc2c(-c3cc(F)ccc3F)ccnc2[C@H]2CCC(F)(F)CO2)cn1. The monoisotopic (exact) mass is 489 g/mol. The van der Waals surface area contributed by atoms with Crippen LogP contribution in [0.5, 0.6) is 0 Å². The molecule has 184 valence electrons. The average molecular weight is 489 g/mol. The molecule has 1 aromatic carbocycles.